The highest BCUT2D eigenvalue weighted by molar-refractivity contribution is 5.98. The molecule has 1 heterocycles. The summed E-state index contributed by atoms with van der Waals surface area (Å²) >= 11 is 0. The highest BCUT2D eigenvalue weighted by Gasteiger charge is 2.18. The third-order valence-electron chi connectivity index (χ3n) is 3.35. The van der Waals surface area contributed by atoms with Crippen LogP contribution in [0.25, 0.3) is 0 Å². The zero-order chi connectivity index (χ0) is 17.7. The Hall–Kier alpha value is -3.29. The lowest BCUT2D eigenvalue weighted by atomic mass is 10.1. The fourth-order valence-electron chi connectivity index (χ4n) is 2.05. The molecule has 0 unspecified atom stereocenters. The molecule has 8 nitrogen and oxygen atoms in total. The monoisotopic (exact) mass is 329 g/mol. The largest absolute Gasteiger partial charge is 0.465 e. The van der Waals surface area contributed by atoms with Gasteiger partial charge in [-0.15, -0.1) is 0 Å². The second kappa shape index (κ2) is 7.32. The average molecular weight is 329 g/mol. The van der Waals surface area contributed by atoms with Gasteiger partial charge in [0, 0.05) is 23.9 Å². The second-order valence-corrected chi connectivity index (χ2v) is 4.97. The molecule has 0 aliphatic rings. The number of ether oxygens (including phenoxy) is 1. The van der Waals surface area contributed by atoms with Crippen molar-refractivity contribution >= 4 is 17.6 Å². The summed E-state index contributed by atoms with van der Waals surface area (Å²) in [6, 6.07) is 7.05. The number of hydrogen-bond acceptors (Lipinski definition) is 6. The maximum absolute atomic E-state index is 12.3. The van der Waals surface area contributed by atoms with Gasteiger partial charge in [-0.3, -0.25) is 19.9 Å². The van der Waals surface area contributed by atoms with E-state index >= 15 is 0 Å². The van der Waals surface area contributed by atoms with Crippen LogP contribution in [0.3, 0.4) is 0 Å². The van der Waals surface area contributed by atoms with Crippen molar-refractivity contribution in [3.05, 3.63) is 69.0 Å². The minimum Gasteiger partial charge on any atom is -0.465 e. The minimum absolute atomic E-state index is 0.00168. The molecule has 2 aromatic rings. The fourth-order valence-corrected chi connectivity index (χ4v) is 2.05. The van der Waals surface area contributed by atoms with Gasteiger partial charge in [-0.25, -0.2) is 4.79 Å². The highest BCUT2D eigenvalue weighted by atomic mass is 16.6. The molecule has 1 amide bonds. The van der Waals surface area contributed by atoms with E-state index in [4.69, 9.17) is 0 Å². The van der Waals surface area contributed by atoms with Gasteiger partial charge in [0.2, 0.25) is 0 Å². The molecule has 2 rings (SSSR count). The molecule has 0 aliphatic heterocycles. The number of nitrogens with one attached hydrogen (secondary N) is 1. The van der Waals surface area contributed by atoms with Crippen LogP contribution in [0, 0.1) is 17.0 Å². The molecule has 0 radical (unpaired) electrons. The molecule has 124 valence electrons. The van der Waals surface area contributed by atoms with Crippen molar-refractivity contribution < 1.29 is 19.2 Å². The third kappa shape index (κ3) is 3.92. The van der Waals surface area contributed by atoms with E-state index in [0.29, 0.717) is 5.69 Å². The molecule has 0 saturated heterocycles. The molecule has 0 spiro atoms. The van der Waals surface area contributed by atoms with Crippen LogP contribution in [0.15, 0.2) is 36.5 Å². The number of amides is 1. The van der Waals surface area contributed by atoms with Gasteiger partial charge in [-0.1, -0.05) is 6.07 Å². The Balaban J connectivity index is 2.25. The molecular formula is C16H15N3O5. The van der Waals surface area contributed by atoms with Gasteiger partial charge in [-0.05, 0) is 24.6 Å². The lowest BCUT2D eigenvalue weighted by molar-refractivity contribution is -0.384. The zero-order valence-electron chi connectivity index (χ0n) is 13.1. The number of nitro groups is 1. The van der Waals surface area contributed by atoms with E-state index in [1.165, 1.54) is 6.07 Å². The predicted molar refractivity (Wildman–Crippen MR) is 84.6 cm³/mol. The molecule has 0 bridgehead atoms. The number of carbonyl (C=O) groups excluding carboxylic acids is 2. The van der Waals surface area contributed by atoms with Gasteiger partial charge in [0.25, 0.3) is 11.6 Å². The summed E-state index contributed by atoms with van der Waals surface area (Å²) in [5.74, 6) is -1.30. The number of pyridine rings is 1. The number of benzene rings is 1. The van der Waals surface area contributed by atoms with Crippen molar-refractivity contribution in [2.45, 2.75) is 13.5 Å². The molecule has 0 aliphatic carbocycles. The lowest BCUT2D eigenvalue weighted by Crippen LogP contribution is -2.24. The summed E-state index contributed by atoms with van der Waals surface area (Å²) in [4.78, 5) is 38.3. The number of aryl methyl sites for hydroxylation is 1. The van der Waals surface area contributed by atoms with Crippen molar-refractivity contribution in [2.24, 2.45) is 0 Å². The molecule has 1 aromatic carbocycles. The van der Waals surface area contributed by atoms with Crippen LogP contribution in [0.4, 0.5) is 5.69 Å². The molecule has 1 N–H and O–H groups in total. The highest BCUT2D eigenvalue weighted by Crippen LogP contribution is 2.18. The summed E-state index contributed by atoms with van der Waals surface area (Å²) in [6.45, 7) is 2.03. The van der Waals surface area contributed by atoms with E-state index < -0.39 is 16.8 Å². The number of nitro benzene ring substituents is 1. The molecule has 1 aromatic heterocycles. The van der Waals surface area contributed by atoms with Crippen LogP contribution in [0.2, 0.25) is 0 Å². The first-order valence-corrected chi connectivity index (χ1v) is 6.99. The quantitative estimate of drug-likeness (QED) is 0.510. The number of esters is 1. The summed E-state index contributed by atoms with van der Waals surface area (Å²) in [5, 5.41) is 13.6. The summed E-state index contributed by atoms with van der Waals surface area (Å²) in [5.41, 5.74) is 1.16. The molecule has 0 fully saturated rings. The molecule has 8 heteroatoms. The summed E-state index contributed by atoms with van der Waals surface area (Å²) in [7, 11) is 1.16. The molecule has 0 saturated carbocycles. The fraction of sp³-hybridized carbons (Fsp3) is 0.188. The molecule has 0 atom stereocenters. The Morgan fingerprint density at radius 2 is 2.00 bits per heavy atom. The van der Waals surface area contributed by atoms with Crippen LogP contribution in [0.1, 0.15) is 32.0 Å². The van der Waals surface area contributed by atoms with E-state index in [2.05, 4.69) is 15.0 Å². The Labute approximate surface area is 137 Å². The van der Waals surface area contributed by atoms with Crippen LogP contribution in [-0.4, -0.2) is 28.9 Å². The average Bonchev–Trinajstić information content (AvgIpc) is 2.59. The first-order chi connectivity index (χ1) is 11.4. The van der Waals surface area contributed by atoms with Crippen LogP contribution in [0.5, 0.6) is 0 Å². The maximum atomic E-state index is 12.3. The van der Waals surface area contributed by atoms with Crippen molar-refractivity contribution in [3.8, 4) is 0 Å². The Morgan fingerprint density at radius 3 is 2.62 bits per heavy atom. The van der Waals surface area contributed by atoms with E-state index in [1.54, 1.807) is 12.3 Å². The Kier molecular flexibility index (Phi) is 5.20. The summed E-state index contributed by atoms with van der Waals surface area (Å²) < 4.78 is 4.55. The van der Waals surface area contributed by atoms with Crippen molar-refractivity contribution in [2.75, 3.05) is 7.11 Å². The number of methoxy groups -OCH3 is 1. The maximum Gasteiger partial charge on any atom is 0.338 e. The first-order valence-electron chi connectivity index (χ1n) is 6.99. The minimum atomic E-state index is -0.756. The zero-order valence-corrected chi connectivity index (χ0v) is 13.1. The van der Waals surface area contributed by atoms with E-state index in [1.807, 2.05) is 13.0 Å². The van der Waals surface area contributed by atoms with Gasteiger partial charge in [-0.2, -0.15) is 0 Å². The number of rotatable bonds is 5. The molecule has 24 heavy (non-hydrogen) atoms. The Morgan fingerprint density at radius 1 is 1.29 bits per heavy atom. The van der Waals surface area contributed by atoms with E-state index in [0.717, 1.165) is 24.8 Å². The third-order valence-corrected chi connectivity index (χ3v) is 3.35. The number of hydrogen-bond donors (Lipinski definition) is 1. The van der Waals surface area contributed by atoms with Crippen LogP contribution < -0.4 is 5.32 Å². The van der Waals surface area contributed by atoms with Gasteiger partial charge >= 0.3 is 5.97 Å². The number of carbonyl (C=O) groups is 2. The SMILES string of the molecule is COC(=O)c1cc(C(=O)NCc2ncccc2C)cc([N+](=O)[O-])c1. The summed E-state index contributed by atoms with van der Waals surface area (Å²) in [6.07, 6.45) is 1.61. The van der Waals surface area contributed by atoms with Gasteiger partial charge < -0.3 is 10.1 Å². The van der Waals surface area contributed by atoms with E-state index in [9.17, 15) is 19.7 Å². The number of non-ortho nitro benzene ring substituents is 1. The second-order valence-electron chi connectivity index (χ2n) is 4.97. The normalized spacial score (nSPS) is 10.1. The van der Waals surface area contributed by atoms with Crippen molar-refractivity contribution in [1.82, 2.24) is 10.3 Å². The standard InChI is InChI=1S/C16H15N3O5/c1-10-4-3-5-17-14(10)9-18-15(20)11-6-12(16(21)24-2)8-13(7-11)19(22)23/h3-8H,9H2,1-2H3,(H,18,20). The van der Waals surface area contributed by atoms with Gasteiger partial charge in [0.1, 0.15) is 0 Å². The number of aromatic nitrogens is 1. The van der Waals surface area contributed by atoms with Crippen LogP contribution in [-0.2, 0) is 11.3 Å². The topological polar surface area (TPSA) is 111 Å². The Bertz CT molecular complexity index is 804. The van der Waals surface area contributed by atoms with Crippen molar-refractivity contribution in [1.29, 1.82) is 0 Å². The lowest BCUT2D eigenvalue weighted by Gasteiger charge is -2.08. The van der Waals surface area contributed by atoms with Gasteiger partial charge in [0.05, 0.1) is 29.8 Å². The van der Waals surface area contributed by atoms with Crippen molar-refractivity contribution in [3.63, 3.8) is 0 Å². The number of nitrogens with zero attached hydrogens (tertiary/aromatic N) is 2. The molecular weight excluding hydrogens is 314 g/mol. The first kappa shape index (κ1) is 17.1. The van der Waals surface area contributed by atoms with Crippen LogP contribution >= 0.6 is 0 Å². The smallest absolute Gasteiger partial charge is 0.338 e. The van der Waals surface area contributed by atoms with E-state index in [-0.39, 0.29) is 23.4 Å². The van der Waals surface area contributed by atoms with Gasteiger partial charge in [0.15, 0.2) is 0 Å². The predicted octanol–water partition coefficient (Wildman–Crippen LogP) is 2.01.